The summed E-state index contributed by atoms with van der Waals surface area (Å²) >= 11 is 1.52. The normalized spacial score (nSPS) is 11.3. The fraction of sp³-hybridized carbons (Fsp3) is 0.118. The molecule has 0 radical (unpaired) electrons. The lowest BCUT2D eigenvalue weighted by atomic mass is 10.1. The molecule has 0 atom stereocenters. The van der Waals surface area contributed by atoms with Crippen LogP contribution in [0.5, 0.6) is 0 Å². The fourth-order valence-corrected chi connectivity index (χ4v) is 2.67. The number of aromatic nitrogens is 2. The second-order valence-corrected chi connectivity index (χ2v) is 6.00. The lowest BCUT2D eigenvalue weighted by Crippen LogP contribution is -2.07. The molecular formula is C17H14N4OS. The predicted octanol–water partition coefficient (Wildman–Crippen LogP) is 3.93. The number of hydrogen-bond acceptors (Lipinski definition) is 6. The van der Waals surface area contributed by atoms with E-state index in [0.29, 0.717) is 11.4 Å². The minimum atomic E-state index is 0.229. The van der Waals surface area contributed by atoms with Crippen LogP contribution in [0.25, 0.3) is 22.4 Å². The Hall–Kier alpha value is -2.91. The van der Waals surface area contributed by atoms with E-state index < -0.39 is 0 Å². The standard InChI is InChI=1S/C17H14N4OS/c1-21(2)14-7-5-12(6-8-14)10-13(11-18)17-19-16(20-22-17)15-4-3-9-23-15/h3-10H,1-2H3/b13-10+. The third kappa shape index (κ3) is 3.30. The molecule has 6 heteroatoms. The van der Waals surface area contributed by atoms with E-state index in [9.17, 15) is 5.26 Å². The molecule has 23 heavy (non-hydrogen) atoms. The topological polar surface area (TPSA) is 66.0 Å². The van der Waals surface area contributed by atoms with E-state index in [1.807, 2.05) is 60.8 Å². The Kier molecular flexibility index (Phi) is 4.22. The number of nitrogens with zero attached hydrogens (tertiary/aromatic N) is 4. The van der Waals surface area contributed by atoms with Crippen molar-refractivity contribution < 1.29 is 4.52 Å². The third-order valence-electron chi connectivity index (χ3n) is 3.24. The van der Waals surface area contributed by atoms with Crippen molar-refractivity contribution >= 4 is 28.7 Å². The van der Waals surface area contributed by atoms with Gasteiger partial charge in [0.25, 0.3) is 5.89 Å². The molecular weight excluding hydrogens is 308 g/mol. The van der Waals surface area contributed by atoms with Crippen molar-refractivity contribution in [1.29, 1.82) is 5.26 Å². The molecule has 2 aromatic heterocycles. The van der Waals surface area contributed by atoms with Crippen LogP contribution in [0.1, 0.15) is 11.5 Å². The van der Waals surface area contributed by atoms with Gasteiger partial charge in [-0.3, -0.25) is 0 Å². The number of nitriles is 1. The fourth-order valence-electron chi connectivity index (χ4n) is 2.02. The first-order chi connectivity index (χ1) is 11.2. The van der Waals surface area contributed by atoms with Gasteiger partial charge >= 0.3 is 0 Å². The molecule has 5 nitrogen and oxygen atoms in total. The van der Waals surface area contributed by atoms with Crippen LogP contribution in [0.4, 0.5) is 5.69 Å². The quantitative estimate of drug-likeness (QED) is 0.681. The molecule has 0 unspecified atom stereocenters. The van der Waals surface area contributed by atoms with Gasteiger partial charge in [-0.25, -0.2) is 0 Å². The highest BCUT2D eigenvalue weighted by Gasteiger charge is 2.13. The zero-order chi connectivity index (χ0) is 16.2. The molecule has 0 aliphatic carbocycles. The van der Waals surface area contributed by atoms with E-state index in [0.717, 1.165) is 16.1 Å². The van der Waals surface area contributed by atoms with Crippen LogP contribution < -0.4 is 4.90 Å². The highest BCUT2D eigenvalue weighted by molar-refractivity contribution is 7.13. The van der Waals surface area contributed by atoms with Crippen molar-refractivity contribution in [3.8, 4) is 16.8 Å². The Morgan fingerprint density at radius 3 is 2.65 bits per heavy atom. The molecule has 2 heterocycles. The molecule has 114 valence electrons. The Labute approximate surface area is 138 Å². The number of hydrogen-bond donors (Lipinski definition) is 0. The summed E-state index contributed by atoms with van der Waals surface area (Å²) in [6.07, 6.45) is 1.74. The SMILES string of the molecule is CN(C)c1ccc(/C=C(\C#N)c2nc(-c3cccs3)no2)cc1. The lowest BCUT2D eigenvalue weighted by molar-refractivity contribution is 0.409. The average Bonchev–Trinajstić information content (AvgIpc) is 3.24. The average molecular weight is 322 g/mol. The van der Waals surface area contributed by atoms with Crippen molar-refractivity contribution in [3.05, 3.63) is 53.2 Å². The summed E-state index contributed by atoms with van der Waals surface area (Å²) in [6.45, 7) is 0. The van der Waals surface area contributed by atoms with Gasteiger partial charge in [0, 0.05) is 19.8 Å². The first-order valence-corrected chi connectivity index (χ1v) is 7.82. The van der Waals surface area contributed by atoms with Crippen molar-refractivity contribution in [1.82, 2.24) is 10.1 Å². The number of thiophene rings is 1. The molecule has 0 aliphatic rings. The predicted molar refractivity (Wildman–Crippen MR) is 91.9 cm³/mol. The van der Waals surface area contributed by atoms with Gasteiger partial charge in [-0.05, 0) is 35.2 Å². The molecule has 0 spiro atoms. The number of allylic oxidation sites excluding steroid dienone is 1. The Morgan fingerprint density at radius 2 is 2.04 bits per heavy atom. The molecule has 0 saturated carbocycles. The maximum absolute atomic E-state index is 9.37. The molecule has 0 fully saturated rings. The maximum atomic E-state index is 9.37. The van der Waals surface area contributed by atoms with Gasteiger partial charge in [-0.1, -0.05) is 23.4 Å². The van der Waals surface area contributed by atoms with Gasteiger partial charge in [0.15, 0.2) is 0 Å². The first-order valence-electron chi connectivity index (χ1n) is 6.94. The van der Waals surface area contributed by atoms with Crippen LogP contribution >= 0.6 is 11.3 Å². The van der Waals surface area contributed by atoms with E-state index in [4.69, 9.17) is 4.52 Å². The smallest absolute Gasteiger partial charge is 0.268 e. The van der Waals surface area contributed by atoms with Gasteiger partial charge in [0.2, 0.25) is 5.82 Å². The molecule has 3 aromatic rings. The highest BCUT2D eigenvalue weighted by Crippen LogP contribution is 2.24. The van der Waals surface area contributed by atoms with Crippen LogP contribution in [0.2, 0.25) is 0 Å². The summed E-state index contributed by atoms with van der Waals surface area (Å²) in [5.41, 5.74) is 2.35. The van der Waals surface area contributed by atoms with Crippen molar-refractivity contribution in [2.45, 2.75) is 0 Å². The van der Waals surface area contributed by atoms with Crippen molar-refractivity contribution in [2.75, 3.05) is 19.0 Å². The number of benzene rings is 1. The molecule has 3 rings (SSSR count). The zero-order valence-corrected chi connectivity index (χ0v) is 13.5. The van der Waals surface area contributed by atoms with Gasteiger partial charge in [0.1, 0.15) is 11.6 Å². The summed E-state index contributed by atoms with van der Waals surface area (Å²) in [5.74, 6) is 0.728. The van der Waals surface area contributed by atoms with Crippen LogP contribution in [-0.4, -0.2) is 24.2 Å². The Bertz CT molecular complexity index is 855. The summed E-state index contributed by atoms with van der Waals surface area (Å²) in [4.78, 5) is 7.23. The third-order valence-corrected chi connectivity index (χ3v) is 4.10. The molecule has 0 N–H and O–H groups in total. The largest absolute Gasteiger partial charge is 0.378 e. The van der Waals surface area contributed by atoms with E-state index in [1.165, 1.54) is 11.3 Å². The summed E-state index contributed by atoms with van der Waals surface area (Å²) in [5, 5.41) is 15.2. The van der Waals surface area contributed by atoms with Crippen LogP contribution in [0.3, 0.4) is 0 Å². The monoisotopic (exact) mass is 322 g/mol. The summed E-state index contributed by atoms with van der Waals surface area (Å²) in [6, 6.07) is 13.8. The van der Waals surface area contributed by atoms with Crippen molar-refractivity contribution in [3.63, 3.8) is 0 Å². The van der Waals surface area contributed by atoms with Crippen molar-refractivity contribution in [2.24, 2.45) is 0 Å². The van der Waals surface area contributed by atoms with Crippen LogP contribution in [-0.2, 0) is 0 Å². The summed E-state index contributed by atoms with van der Waals surface area (Å²) in [7, 11) is 3.96. The van der Waals surface area contributed by atoms with E-state index >= 15 is 0 Å². The number of anilines is 1. The Balaban J connectivity index is 1.89. The van der Waals surface area contributed by atoms with E-state index in [-0.39, 0.29) is 5.89 Å². The second kappa shape index (κ2) is 6.46. The van der Waals surface area contributed by atoms with Gasteiger partial charge < -0.3 is 9.42 Å². The molecule has 0 amide bonds. The molecule has 0 aliphatic heterocycles. The lowest BCUT2D eigenvalue weighted by Gasteiger charge is -2.11. The van der Waals surface area contributed by atoms with Gasteiger partial charge in [-0.2, -0.15) is 10.2 Å². The Morgan fingerprint density at radius 1 is 1.26 bits per heavy atom. The minimum Gasteiger partial charge on any atom is -0.378 e. The van der Waals surface area contributed by atoms with Gasteiger partial charge in [0.05, 0.1) is 4.88 Å². The van der Waals surface area contributed by atoms with E-state index in [1.54, 1.807) is 6.08 Å². The first kappa shape index (κ1) is 15.0. The van der Waals surface area contributed by atoms with E-state index in [2.05, 4.69) is 16.2 Å². The second-order valence-electron chi connectivity index (χ2n) is 5.06. The van der Waals surface area contributed by atoms with Crippen LogP contribution in [0.15, 0.2) is 46.3 Å². The maximum Gasteiger partial charge on any atom is 0.268 e. The zero-order valence-electron chi connectivity index (χ0n) is 12.7. The summed E-state index contributed by atoms with van der Waals surface area (Å²) < 4.78 is 5.22. The van der Waals surface area contributed by atoms with Gasteiger partial charge in [-0.15, -0.1) is 11.3 Å². The highest BCUT2D eigenvalue weighted by atomic mass is 32.1. The number of rotatable bonds is 4. The van der Waals surface area contributed by atoms with Crippen LogP contribution in [0, 0.1) is 11.3 Å². The molecule has 0 bridgehead atoms. The molecule has 1 aromatic carbocycles. The minimum absolute atomic E-state index is 0.229. The molecule has 0 saturated heterocycles.